The third-order valence-corrected chi connectivity index (χ3v) is 4.29. The minimum Gasteiger partial charge on any atom is -0.385 e. The van der Waals surface area contributed by atoms with Gasteiger partial charge >= 0.3 is 0 Å². The lowest BCUT2D eigenvalue weighted by molar-refractivity contribution is 0.600. The van der Waals surface area contributed by atoms with Gasteiger partial charge in [0.25, 0.3) is 0 Å². The summed E-state index contributed by atoms with van der Waals surface area (Å²) >= 11 is 0. The number of hydrogen-bond acceptors (Lipinski definition) is 3. The van der Waals surface area contributed by atoms with Gasteiger partial charge in [0, 0.05) is 12.2 Å². The molecule has 4 nitrogen and oxygen atoms in total. The van der Waals surface area contributed by atoms with E-state index in [0.717, 1.165) is 25.1 Å². The molecule has 0 amide bonds. The fraction of sp³-hybridized carbons (Fsp3) is 0.500. The van der Waals surface area contributed by atoms with Crippen LogP contribution in [-0.4, -0.2) is 20.7 Å². The van der Waals surface area contributed by atoms with Crippen LogP contribution >= 0.6 is 0 Å². The molecular formula is C12H18N2O2S. The van der Waals surface area contributed by atoms with Gasteiger partial charge in [0.05, 0.1) is 11.4 Å². The Morgan fingerprint density at radius 3 is 3.00 bits per heavy atom. The van der Waals surface area contributed by atoms with Crippen molar-refractivity contribution in [3.8, 4) is 0 Å². The van der Waals surface area contributed by atoms with Crippen molar-refractivity contribution in [2.75, 3.05) is 22.3 Å². The summed E-state index contributed by atoms with van der Waals surface area (Å²) < 4.78 is 25.9. The molecule has 1 aliphatic rings. The van der Waals surface area contributed by atoms with Crippen LogP contribution in [-0.2, 0) is 16.4 Å². The van der Waals surface area contributed by atoms with Crippen LogP contribution in [0.2, 0.25) is 0 Å². The highest BCUT2D eigenvalue weighted by Gasteiger charge is 2.12. The molecule has 0 aliphatic carbocycles. The van der Waals surface area contributed by atoms with Crippen LogP contribution in [0.3, 0.4) is 0 Å². The molecule has 0 fully saturated rings. The molecule has 0 unspecified atom stereocenters. The fourth-order valence-corrected chi connectivity index (χ4v) is 3.15. The fourth-order valence-electron chi connectivity index (χ4n) is 2.02. The molecule has 1 aromatic rings. The van der Waals surface area contributed by atoms with E-state index in [1.807, 2.05) is 25.1 Å². The number of sulfonamides is 1. The average Bonchev–Trinajstić information content (AvgIpc) is 2.28. The molecular weight excluding hydrogens is 236 g/mol. The summed E-state index contributed by atoms with van der Waals surface area (Å²) in [6.45, 7) is 2.81. The van der Waals surface area contributed by atoms with Crippen molar-refractivity contribution in [2.24, 2.45) is 0 Å². The SMILES string of the molecule is CCCS(=O)(=O)Nc1ccc2c(c1)NCCC2. The van der Waals surface area contributed by atoms with Gasteiger partial charge in [0.15, 0.2) is 0 Å². The van der Waals surface area contributed by atoms with Crippen molar-refractivity contribution in [1.82, 2.24) is 0 Å². The number of anilines is 2. The largest absolute Gasteiger partial charge is 0.385 e. The topological polar surface area (TPSA) is 58.2 Å². The molecule has 0 spiro atoms. The van der Waals surface area contributed by atoms with Gasteiger partial charge in [0.1, 0.15) is 0 Å². The molecule has 5 heteroatoms. The number of rotatable bonds is 4. The first kappa shape index (κ1) is 12.2. The Bertz CT molecular complexity index is 497. The van der Waals surface area contributed by atoms with E-state index in [-0.39, 0.29) is 5.75 Å². The zero-order valence-electron chi connectivity index (χ0n) is 9.99. The van der Waals surface area contributed by atoms with Crippen LogP contribution in [0.15, 0.2) is 18.2 Å². The van der Waals surface area contributed by atoms with Crippen molar-refractivity contribution >= 4 is 21.4 Å². The van der Waals surface area contributed by atoms with E-state index < -0.39 is 10.0 Å². The van der Waals surface area contributed by atoms with Gasteiger partial charge in [-0.15, -0.1) is 0 Å². The monoisotopic (exact) mass is 254 g/mol. The van der Waals surface area contributed by atoms with E-state index in [1.165, 1.54) is 5.56 Å². The number of aryl methyl sites for hydroxylation is 1. The molecule has 0 bridgehead atoms. The van der Waals surface area contributed by atoms with Gasteiger partial charge < -0.3 is 5.32 Å². The third-order valence-electron chi connectivity index (χ3n) is 2.79. The number of fused-ring (bicyclic) bond motifs is 1. The Hall–Kier alpha value is -1.23. The van der Waals surface area contributed by atoms with Crippen LogP contribution < -0.4 is 10.0 Å². The smallest absolute Gasteiger partial charge is 0.232 e. The van der Waals surface area contributed by atoms with Crippen molar-refractivity contribution in [3.05, 3.63) is 23.8 Å². The lowest BCUT2D eigenvalue weighted by Crippen LogP contribution is -2.17. The second kappa shape index (κ2) is 4.96. The molecule has 0 saturated heterocycles. The average molecular weight is 254 g/mol. The van der Waals surface area contributed by atoms with Gasteiger partial charge in [-0.2, -0.15) is 0 Å². The Balaban J connectivity index is 2.17. The van der Waals surface area contributed by atoms with E-state index in [9.17, 15) is 8.42 Å². The molecule has 94 valence electrons. The van der Waals surface area contributed by atoms with Gasteiger partial charge in [0.2, 0.25) is 10.0 Å². The Kier molecular flexibility index (Phi) is 3.57. The third kappa shape index (κ3) is 3.12. The maximum absolute atomic E-state index is 11.6. The van der Waals surface area contributed by atoms with E-state index in [0.29, 0.717) is 12.1 Å². The summed E-state index contributed by atoms with van der Waals surface area (Å²) in [6.07, 6.45) is 2.82. The van der Waals surface area contributed by atoms with Crippen LogP contribution in [0, 0.1) is 0 Å². The van der Waals surface area contributed by atoms with Gasteiger partial charge in [-0.05, 0) is 37.0 Å². The Morgan fingerprint density at radius 2 is 2.24 bits per heavy atom. The minimum absolute atomic E-state index is 0.164. The lowest BCUT2D eigenvalue weighted by atomic mass is 10.0. The zero-order chi connectivity index (χ0) is 12.3. The van der Waals surface area contributed by atoms with E-state index in [1.54, 1.807) is 0 Å². The second-order valence-electron chi connectivity index (χ2n) is 4.32. The van der Waals surface area contributed by atoms with E-state index in [4.69, 9.17) is 0 Å². The Morgan fingerprint density at radius 1 is 1.41 bits per heavy atom. The number of nitrogens with one attached hydrogen (secondary N) is 2. The molecule has 2 rings (SSSR count). The quantitative estimate of drug-likeness (QED) is 0.866. The second-order valence-corrected chi connectivity index (χ2v) is 6.17. The maximum atomic E-state index is 11.6. The highest BCUT2D eigenvalue weighted by Crippen LogP contribution is 2.25. The van der Waals surface area contributed by atoms with Crippen molar-refractivity contribution < 1.29 is 8.42 Å². The van der Waals surface area contributed by atoms with E-state index in [2.05, 4.69) is 10.0 Å². The molecule has 0 saturated carbocycles. The molecule has 1 aromatic carbocycles. The van der Waals surface area contributed by atoms with E-state index >= 15 is 0 Å². The van der Waals surface area contributed by atoms with Gasteiger partial charge in [-0.1, -0.05) is 13.0 Å². The van der Waals surface area contributed by atoms with Crippen molar-refractivity contribution in [1.29, 1.82) is 0 Å². The highest BCUT2D eigenvalue weighted by molar-refractivity contribution is 7.92. The summed E-state index contributed by atoms with van der Waals surface area (Å²) in [5, 5.41) is 3.29. The predicted molar refractivity (Wildman–Crippen MR) is 71.0 cm³/mol. The molecule has 0 radical (unpaired) electrons. The van der Waals surface area contributed by atoms with Crippen molar-refractivity contribution in [2.45, 2.75) is 26.2 Å². The Labute approximate surface area is 102 Å². The first-order valence-electron chi connectivity index (χ1n) is 5.98. The molecule has 2 N–H and O–H groups in total. The van der Waals surface area contributed by atoms with Crippen LogP contribution in [0.5, 0.6) is 0 Å². The predicted octanol–water partition coefficient (Wildman–Crippen LogP) is 2.20. The number of hydrogen-bond donors (Lipinski definition) is 2. The van der Waals surface area contributed by atoms with Gasteiger partial charge in [-0.25, -0.2) is 8.42 Å². The summed E-state index contributed by atoms with van der Waals surface area (Å²) in [5.41, 5.74) is 2.95. The summed E-state index contributed by atoms with van der Waals surface area (Å²) in [5.74, 6) is 0.164. The summed E-state index contributed by atoms with van der Waals surface area (Å²) in [7, 11) is -3.19. The standard InChI is InChI=1S/C12H18N2O2S/c1-2-8-17(15,16)14-11-6-5-10-4-3-7-13-12(10)9-11/h5-6,9,13-14H,2-4,7-8H2,1H3. The normalized spacial score (nSPS) is 14.9. The molecule has 0 aromatic heterocycles. The van der Waals surface area contributed by atoms with Crippen LogP contribution in [0.25, 0.3) is 0 Å². The first-order chi connectivity index (χ1) is 8.11. The minimum atomic E-state index is -3.19. The molecule has 0 atom stereocenters. The molecule has 17 heavy (non-hydrogen) atoms. The van der Waals surface area contributed by atoms with Crippen LogP contribution in [0.1, 0.15) is 25.3 Å². The molecule has 1 aliphatic heterocycles. The first-order valence-corrected chi connectivity index (χ1v) is 7.63. The zero-order valence-corrected chi connectivity index (χ0v) is 10.8. The lowest BCUT2D eigenvalue weighted by Gasteiger charge is -2.19. The van der Waals surface area contributed by atoms with Crippen molar-refractivity contribution in [3.63, 3.8) is 0 Å². The van der Waals surface area contributed by atoms with Gasteiger partial charge in [-0.3, -0.25) is 4.72 Å². The number of benzene rings is 1. The molecule has 1 heterocycles. The van der Waals surface area contributed by atoms with Crippen LogP contribution in [0.4, 0.5) is 11.4 Å². The summed E-state index contributed by atoms with van der Waals surface area (Å²) in [6, 6.07) is 5.70. The highest BCUT2D eigenvalue weighted by atomic mass is 32.2. The maximum Gasteiger partial charge on any atom is 0.232 e. The summed E-state index contributed by atoms with van der Waals surface area (Å²) in [4.78, 5) is 0.